The smallest absolute Gasteiger partial charge is 0.411 e. The van der Waals surface area contributed by atoms with Gasteiger partial charge < -0.3 is 18.8 Å². The van der Waals surface area contributed by atoms with Crippen molar-refractivity contribution in [1.82, 2.24) is 40.3 Å². The van der Waals surface area contributed by atoms with Crippen molar-refractivity contribution in [3.8, 4) is 11.6 Å². The Hall–Kier alpha value is -4.69. The Morgan fingerprint density at radius 2 is 1.79 bits per heavy atom. The van der Waals surface area contributed by atoms with E-state index in [0.29, 0.717) is 54.3 Å². The molecular formula is C27H31F2N9O4. The number of hydrogen-bond acceptors (Lipinski definition) is 11. The Morgan fingerprint density at radius 3 is 2.40 bits per heavy atom. The highest BCUT2D eigenvalue weighted by atomic mass is 19.3. The molecule has 1 atom stereocenters. The number of aromatic nitrogens is 7. The lowest BCUT2D eigenvalue weighted by molar-refractivity contribution is 0.0106. The van der Waals surface area contributed by atoms with E-state index in [0.717, 1.165) is 0 Å². The maximum Gasteiger partial charge on any atom is 0.411 e. The van der Waals surface area contributed by atoms with Crippen LogP contribution in [0.5, 0.6) is 5.88 Å². The standard InChI is InChI=1S/C27H31F2N9O4/c1-16-21(38(35-30-16)19-8-6-18(7-9-19)24(28)29)15-40-23-11-10-22(32-33-23)36-12-13-37(26(39)42-27(3,4)5)20(14-36)25-34-31-17(2)41-25/h6-11,20,24H,12-15H2,1-5H3/t20-/m0/s1. The molecule has 1 fully saturated rings. The summed E-state index contributed by atoms with van der Waals surface area (Å²) in [5.74, 6) is 1.55. The van der Waals surface area contributed by atoms with Gasteiger partial charge in [-0.2, -0.15) is 0 Å². The first kappa shape index (κ1) is 28.8. The number of rotatable bonds is 7. The topological polar surface area (TPSA) is 137 Å². The van der Waals surface area contributed by atoms with Gasteiger partial charge in [0, 0.05) is 38.2 Å². The zero-order valence-corrected chi connectivity index (χ0v) is 23.9. The van der Waals surface area contributed by atoms with Gasteiger partial charge in [-0.15, -0.1) is 25.5 Å². The molecule has 3 aromatic heterocycles. The molecule has 0 saturated carbocycles. The zero-order valence-electron chi connectivity index (χ0n) is 23.9. The van der Waals surface area contributed by atoms with Gasteiger partial charge in [0.15, 0.2) is 5.82 Å². The fraction of sp³-hybridized carbons (Fsp3) is 0.444. The third-order valence-corrected chi connectivity index (χ3v) is 6.49. The van der Waals surface area contributed by atoms with Crippen molar-refractivity contribution in [3.05, 3.63) is 65.1 Å². The van der Waals surface area contributed by atoms with Crippen LogP contribution >= 0.6 is 0 Å². The molecule has 1 aliphatic heterocycles. The number of ether oxygens (including phenoxy) is 2. The number of amides is 1. The van der Waals surface area contributed by atoms with Crippen molar-refractivity contribution in [1.29, 1.82) is 0 Å². The van der Waals surface area contributed by atoms with Crippen LogP contribution in [0.2, 0.25) is 0 Å². The zero-order chi connectivity index (χ0) is 30.0. The molecule has 5 rings (SSSR count). The van der Waals surface area contributed by atoms with Gasteiger partial charge in [-0.25, -0.2) is 18.3 Å². The van der Waals surface area contributed by atoms with E-state index in [9.17, 15) is 13.6 Å². The molecular weight excluding hydrogens is 552 g/mol. The first-order valence-electron chi connectivity index (χ1n) is 13.3. The molecule has 13 nitrogen and oxygen atoms in total. The van der Waals surface area contributed by atoms with Crippen LogP contribution in [0.25, 0.3) is 5.69 Å². The lowest BCUT2D eigenvalue weighted by Crippen LogP contribution is -2.52. The summed E-state index contributed by atoms with van der Waals surface area (Å²) >= 11 is 0. The maximum atomic E-state index is 13.0. The summed E-state index contributed by atoms with van der Waals surface area (Å²) in [6.45, 7) is 10.1. The second kappa shape index (κ2) is 11.7. The summed E-state index contributed by atoms with van der Waals surface area (Å²) in [5, 5.41) is 24.8. The fourth-order valence-electron chi connectivity index (χ4n) is 4.40. The predicted octanol–water partition coefficient (Wildman–Crippen LogP) is 4.37. The van der Waals surface area contributed by atoms with E-state index >= 15 is 0 Å². The van der Waals surface area contributed by atoms with Crippen LogP contribution in [0.4, 0.5) is 19.4 Å². The number of benzene rings is 1. The number of alkyl halides is 2. The molecule has 0 aliphatic carbocycles. The highest BCUT2D eigenvalue weighted by molar-refractivity contribution is 5.69. The molecule has 1 amide bonds. The molecule has 1 aliphatic rings. The third kappa shape index (κ3) is 6.44. The van der Waals surface area contributed by atoms with Gasteiger partial charge in [-0.3, -0.25) is 4.90 Å². The van der Waals surface area contributed by atoms with Crippen LogP contribution in [0.3, 0.4) is 0 Å². The maximum absolute atomic E-state index is 13.0. The first-order chi connectivity index (χ1) is 20.0. The SMILES string of the molecule is Cc1nnc([C@@H]2CN(c3ccc(OCc4c(C)nnn4-c4ccc(C(F)F)cc4)nn3)CCN2C(=O)OC(C)(C)C)o1. The highest BCUT2D eigenvalue weighted by Gasteiger charge is 2.38. The summed E-state index contributed by atoms with van der Waals surface area (Å²) < 4.78 is 44.6. The van der Waals surface area contributed by atoms with E-state index in [1.165, 1.54) is 16.8 Å². The molecule has 0 spiro atoms. The molecule has 15 heteroatoms. The highest BCUT2D eigenvalue weighted by Crippen LogP contribution is 2.29. The molecule has 0 unspecified atom stereocenters. The van der Waals surface area contributed by atoms with Crippen molar-refractivity contribution < 1.29 is 27.5 Å². The van der Waals surface area contributed by atoms with Crippen molar-refractivity contribution in [3.63, 3.8) is 0 Å². The van der Waals surface area contributed by atoms with Crippen LogP contribution in [-0.2, 0) is 11.3 Å². The third-order valence-electron chi connectivity index (χ3n) is 6.49. The monoisotopic (exact) mass is 583 g/mol. The quantitative estimate of drug-likeness (QED) is 0.307. The summed E-state index contributed by atoms with van der Waals surface area (Å²) in [7, 11) is 0. The molecule has 42 heavy (non-hydrogen) atoms. The van der Waals surface area contributed by atoms with E-state index in [-0.39, 0.29) is 18.1 Å². The second-order valence-electron chi connectivity index (χ2n) is 10.7. The van der Waals surface area contributed by atoms with E-state index in [4.69, 9.17) is 13.9 Å². The van der Waals surface area contributed by atoms with Crippen molar-refractivity contribution >= 4 is 11.9 Å². The molecule has 222 valence electrons. The second-order valence-corrected chi connectivity index (χ2v) is 10.7. The van der Waals surface area contributed by atoms with Crippen LogP contribution in [0.15, 0.2) is 40.8 Å². The minimum atomic E-state index is -2.55. The predicted molar refractivity (Wildman–Crippen MR) is 144 cm³/mol. The van der Waals surface area contributed by atoms with Gasteiger partial charge in [0.25, 0.3) is 6.43 Å². The Morgan fingerprint density at radius 1 is 1.02 bits per heavy atom. The van der Waals surface area contributed by atoms with Gasteiger partial charge in [-0.1, -0.05) is 17.3 Å². The Balaban J connectivity index is 1.27. The van der Waals surface area contributed by atoms with E-state index in [1.54, 1.807) is 43.0 Å². The minimum absolute atomic E-state index is 0.0754. The molecule has 4 aromatic rings. The number of hydrogen-bond donors (Lipinski definition) is 0. The van der Waals surface area contributed by atoms with Crippen molar-refractivity contribution in [2.75, 3.05) is 24.5 Å². The van der Waals surface area contributed by atoms with Gasteiger partial charge in [0.05, 0.1) is 11.4 Å². The molecule has 0 N–H and O–H groups in total. The van der Waals surface area contributed by atoms with Gasteiger partial charge in [-0.05, 0) is 45.9 Å². The number of anilines is 1. The Kier molecular flexibility index (Phi) is 8.00. The average Bonchev–Trinajstić information content (AvgIpc) is 3.56. The van der Waals surface area contributed by atoms with Crippen LogP contribution in [0, 0.1) is 13.8 Å². The molecule has 0 radical (unpaired) electrons. The average molecular weight is 584 g/mol. The number of halogens is 2. The number of nitrogens with zero attached hydrogens (tertiary/aromatic N) is 9. The lowest BCUT2D eigenvalue weighted by atomic mass is 10.1. The number of piperazine rings is 1. The lowest BCUT2D eigenvalue weighted by Gasteiger charge is -2.40. The van der Waals surface area contributed by atoms with Gasteiger partial charge in [0.1, 0.15) is 23.9 Å². The molecule has 1 saturated heterocycles. The minimum Gasteiger partial charge on any atom is -0.470 e. The summed E-state index contributed by atoms with van der Waals surface area (Å²) in [4.78, 5) is 16.5. The van der Waals surface area contributed by atoms with Gasteiger partial charge >= 0.3 is 6.09 Å². The van der Waals surface area contributed by atoms with E-state index < -0.39 is 24.2 Å². The summed E-state index contributed by atoms with van der Waals surface area (Å²) in [5.41, 5.74) is 1.12. The molecule has 0 bridgehead atoms. The summed E-state index contributed by atoms with van der Waals surface area (Å²) in [6, 6.07) is 8.73. The van der Waals surface area contributed by atoms with Crippen molar-refractivity contribution in [2.45, 2.75) is 59.3 Å². The number of aryl methyl sites for hydroxylation is 2. The molecule has 1 aromatic carbocycles. The first-order valence-corrected chi connectivity index (χ1v) is 13.3. The van der Waals surface area contributed by atoms with E-state index in [2.05, 4.69) is 30.7 Å². The summed E-state index contributed by atoms with van der Waals surface area (Å²) in [6.07, 6.45) is -3.02. The Bertz CT molecular complexity index is 1520. The van der Waals surface area contributed by atoms with E-state index in [1.807, 2.05) is 25.7 Å². The van der Waals surface area contributed by atoms with Crippen LogP contribution in [0.1, 0.15) is 62.0 Å². The largest absolute Gasteiger partial charge is 0.470 e. The normalized spacial score (nSPS) is 15.8. The van der Waals surface area contributed by atoms with Crippen LogP contribution in [-0.4, -0.2) is 71.6 Å². The fourth-order valence-corrected chi connectivity index (χ4v) is 4.40. The Labute approximate surface area is 240 Å². The number of carbonyl (C=O) groups is 1. The van der Waals surface area contributed by atoms with Crippen LogP contribution < -0.4 is 9.64 Å². The molecule has 4 heterocycles. The number of carbonyl (C=O) groups excluding carboxylic acids is 1. The van der Waals surface area contributed by atoms with Gasteiger partial charge in [0.2, 0.25) is 17.7 Å². The van der Waals surface area contributed by atoms with Crippen molar-refractivity contribution in [2.24, 2.45) is 0 Å².